The first-order valence-corrected chi connectivity index (χ1v) is 14.3. The molecule has 0 saturated heterocycles. The zero-order valence-electron chi connectivity index (χ0n) is 23.0. The highest BCUT2D eigenvalue weighted by Crippen LogP contribution is 2.41. The van der Waals surface area contributed by atoms with Crippen molar-refractivity contribution in [2.75, 3.05) is 0 Å². The van der Waals surface area contributed by atoms with Crippen molar-refractivity contribution in [3.05, 3.63) is 167 Å². The number of rotatable bonds is 2. The minimum Gasteiger partial charge on any atom is -0.489 e. The molecule has 0 N–H and O–H groups in total. The van der Waals surface area contributed by atoms with Crippen molar-refractivity contribution in [3.8, 4) is 11.5 Å². The van der Waals surface area contributed by atoms with Gasteiger partial charge in [-0.25, -0.2) is 0 Å². The van der Waals surface area contributed by atoms with E-state index in [1.165, 1.54) is 22.3 Å². The highest BCUT2D eigenvalue weighted by atomic mass is 16.5. The fraction of sp³-hybridized carbons (Fsp3) is 0.162. The first-order valence-electron chi connectivity index (χ1n) is 14.3. The lowest BCUT2D eigenvalue weighted by molar-refractivity contribution is -0.578. The van der Waals surface area contributed by atoms with Crippen LogP contribution in [0.4, 0.5) is 0 Å². The molecule has 41 heavy (non-hydrogen) atoms. The summed E-state index contributed by atoms with van der Waals surface area (Å²) in [5.74, 6) is 1.75. The molecule has 10 rings (SSSR count). The van der Waals surface area contributed by atoms with Gasteiger partial charge in [-0.3, -0.25) is 9.48 Å². The Kier molecular flexibility index (Phi) is 6.96. The van der Waals surface area contributed by atoms with Gasteiger partial charge in [-0.15, -0.1) is 0 Å². The second-order valence-electron chi connectivity index (χ2n) is 10.9. The van der Waals surface area contributed by atoms with Gasteiger partial charge in [0.25, 0.3) is 0 Å². The Balaban J connectivity index is 1.29. The summed E-state index contributed by atoms with van der Waals surface area (Å²) in [4.78, 5) is 2.49. The molecule has 0 radical (unpaired) electrons. The maximum Gasteiger partial charge on any atom is 0.236 e. The quantitative estimate of drug-likeness (QED) is 0.216. The molecule has 0 spiro atoms. The minimum absolute atomic E-state index is 0.164. The molecule has 0 aliphatic carbocycles. The summed E-state index contributed by atoms with van der Waals surface area (Å²) < 4.78 is 14.8. The molecular weight excluding hydrogens is 504 g/mol. The van der Waals surface area contributed by atoms with E-state index in [0.29, 0.717) is 13.2 Å². The summed E-state index contributed by atoms with van der Waals surface area (Å²) in [6.07, 6.45) is 2.33. The summed E-state index contributed by atoms with van der Waals surface area (Å²) in [5.41, 5.74) is 7.38. The van der Waals surface area contributed by atoms with Crippen LogP contribution in [0.5, 0.6) is 11.5 Å². The standard InChI is InChI=1S/C37H33N2O2/c1-3-10-32(11-4-1)36-37(33-12-5-2-6-13-33)39-24-29-16-20-35(21-17-29)41-26-31-9-7-8-30(22-31)25-40-34-18-14-28(15-19-34)23-38(36)27-39/h1-22,27,36-37H,23-26H2/q+1/t36-,37-/m0/s1. The molecule has 5 aliphatic rings. The highest BCUT2D eigenvalue weighted by Gasteiger charge is 2.43. The first kappa shape index (κ1) is 25.2. The number of nitrogens with zero attached hydrogens (tertiary/aromatic N) is 2. The van der Waals surface area contributed by atoms with E-state index in [0.717, 1.165) is 35.7 Å². The average molecular weight is 538 g/mol. The smallest absolute Gasteiger partial charge is 0.236 e. The fourth-order valence-electron chi connectivity index (χ4n) is 5.97. The molecule has 0 aromatic heterocycles. The van der Waals surface area contributed by atoms with Gasteiger partial charge in [-0.2, -0.15) is 0 Å². The molecule has 5 aliphatic heterocycles. The van der Waals surface area contributed by atoms with Crippen molar-refractivity contribution >= 4 is 6.34 Å². The van der Waals surface area contributed by atoms with Crippen molar-refractivity contribution in [1.29, 1.82) is 0 Å². The molecule has 4 nitrogen and oxygen atoms in total. The molecule has 4 heteroatoms. The largest absolute Gasteiger partial charge is 0.489 e. The third kappa shape index (κ3) is 5.59. The predicted molar refractivity (Wildman–Crippen MR) is 162 cm³/mol. The first-order chi connectivity index (χ1) is 20.3. The Morgan fingerprint density at radius 3 is 1.71 bits per heavy atom. The van der Waals surface area contributed by atoms with E-state index in [4.69, 9.17) is 9.47 Å². The molecule has 0 unspecified atom stereocenters. The van der Waals surface area contributed by atoms with Crippen molar-refractivity contribution < 1.29 is 14.0 Å². The third-order valence-corrected chi connectivity index (χ3v) is 7.97. The summed E-state index contributed by atoms with van der Waals surface area (Å²) >= 11 is 0. The fourth-order valence-corrected chi connectivity index (χ4v) is 5.97. The minimum atomic E-state index is 0.164. The second kappa shape index (κ2) is 11.3. The molecule has 0 saturated carbocycles. The van der Waals surface area contributed by atoms with Crippen LogP contribution in [-0.4, -0.2) is 15.8 Å². The summed E-state index contributed by atoms with van der Waals surface area (Å²) in [5, 5.41) is 0. The van der Waals surface area contributed by atoms with Crippen LogP contribution in [0.3, 0.4) is 0 Å². The molecule has 5 aromatic rings. The Morgan fingerprint density at radius 1 is 0.537 bits per heavy atom. The number of hydrogen-bond donors (Lipinski definition) is 0. The summed E-state index contributed by atoms with van der Waals surface area (Å²) in [6.45, 7) is 2.64. The molecule has 0 amide bonds. The second-order valence-corrected chi connectivity index (χ2v) is 10.9. The topological polar surface area (TPSA) is 24.7 Å². The van der Waals surface area contributed by atoms with E-state index >= 15 is 0 Å². The van der Waals surface area contributed by atoms with Crippen molar-refractivity contribution in [3.63, 3.8) is 0 Å². The van der Waals surface area contributed by atoms with E-state index in [9.17, 15) is 0 Å². The van der Waals surface area contributed by atoms with Gasteiger partial charge in [0.2, 0.25) is 6.34 Å². The van der Waals surface area contributed by atoms with Crippen LogP contribution in [0.15, 0.2) is 133 Å². The normalized spacial score (nSPS) is 18.3. The summed E-state index contributed by atoms with van der Waals surface area (Å²) in [6, 6.07) is 47.6. The Hall–Kier alpha value is -4.83. The monoisotopic (exact) mass is 537 g/mol. The van der Waals surface area contributed by atoms with Crippen molar-refractivity contribution in [2.24, 2.45) is 0 Å². The molecule has 8 bridgehead atoms. The third-order valence-electron chi connectivity index (χ3n) is 7.97. The SMILES string of the molecule is C1=[N+]2Cc3ccc(cc3)OCc3cccc(c3)COc3ccc(cc3)CN1[C@@H](c1ccccc1)[C@@H]2c1ccccc1. The molecule has 202 valence electrons. The number of benzene rings is 5. The van der Waals surface area contributed by atoms with E-state index in [2.05, 4.69) is 149 Å². The molecular formula is C37H33N2O2+. The summed E-state index contributed by atoms with van der Waals surface area (Å²) in [7, 11) is 0. The number of ether oxygens (including phenoxy) is 2. The van der Waals surface area contributed by atoms with Gasteiger partial charge in [0.05, 0.1) is 0 Å². The van der Waals surface area contributed by atoms with Gasteiger partial charge in [-0.05, 0) is 52.6 Å². The van der Waals surface area contributed by atoms with Crippen LogP contribution in [0.1, 0.15) is 45.5 Å². The van der Waals surface area contributed by atoms with Gasteiger partial charge in [0, 0.05) is 11.1 Å². The maximum atomic E-state index is 6.15. The van der Waals surface area contributed by atoms with Crippen LogP contribution < -0.4 is 9.47 Å². The van der Waals surface area contributed by atoms with Gasteiger partial charge >= 0.3 is 0 Å². The predicted octanol–water partition coefficient (Wildman–Crippen LogP) is 7.70. The van der Waals surface area contributed by atoms with E-state index in [-0.39, 0.29) is 12.1 Å². The van der Waals surface area contributed by atoms with Crippen LogP contribution in [0, 0.1) is 0 Å². The molecule has 5 aromatic carbocycles. The molecule has 2 atom stereocenters. The van der Waals surface area contributed by atoms with Crippen LogP contribution in [0.25, 0.3) is 0 Å². The van der Waals surface area contributed by atoms with Crippen LogP contribution >= 0.6 is 0 Å². The Bertz CT molecular complexity index is 1630. The number of hydrogen-bond acceptors (Lipinski definition) is 3. The van der Waals surface area contributed by atoms with Crippen molar-refractivity contribution in [2.45, 2.75) is 38.4 Å². The van der Waals surface area contributed by atoms with Gasteiger partial charge in [0.1, 0.15) is 37.8 Å². The molecule has 0 fully saturated rings. The van der Waals surface area contributed by atoms with Crippen LogP contribution in [0.2, 0.25) is 0 Å². The zero-order chi connectivity index (χ0) is 27.4. The Labute approximate surface area is 241 Å². The molecule has 5 heterocycles. The van der Waals surface area contributed by atoms with Crippen LogP contribution in [-0.2, 0) is 26.3 Å². The van der Waals surface area contributed by atoms with E-state index in [1.807, 2.05) is 0 Å². The van der Waals surface area contributed by atoms with Gasteiger partial charge < -0.3 is 9.47 Å². The Morgan fingerprint density at radius 2 is 1.10 bits per heavy atom. The lowest BCUT2D eigenvalue weighted by Gasteiger charge is -2.24. The van der Waals surface area contributed by atoms with E-state index in [1.54, 1.807) is 0 Å². The highest BCUT2D eigenvalue weighted by molar-refractivity contribution is 5.55. The van der Waals surface area contributed by atoms with Gasteiger partial charge in [-0.1, -0.05) is 103 Å². The van der Waals surface area contributed by atoms with Gasteiger partial charge in [0.15, 0.2) is 12.1 Å². The lowest BCUT2D eigenvalue weighted by atomic mass is 9.92. The maximum absolute atomic E-state index is 6.15. The van der Waals surface area contributed by atoms with E-state index < -0.39 is 0 Å². The average Bonchev–Trinajstić information content (AvgIpc) is 3.38. The lowest BCUT2D eigenvalue weighted by Crippen LogP contribution is -2.26. The van der Waals surface area contributed by atoms with Crippen molar-refractivity contribution in [1.82, 2.24) is 4.90 Å². The zero-order valence-corrected chi connectivity index (χ0v) is 23.0.